The zero-order valence-electron chi connectivity index (χ0n) is 22.4. The highest BCUT2D eigenvalue weighted by atomic mass is 32.2. The zero-order valence-corrected chi connectivity index (χ0v) is 23.3. The SMILES string of the molecule is CCCc1c(OCCCCOc2cccc(C3(C)SC(=O)NC3=O)c2)ccc2c(CC(C)(C)C)coc12. The molecule has 1 atom stereocenters. The predicted molar refractivity (Wildman–Crippen MR) is 149 cm³/mol. The van der Waals surface area contributed by atoms with Crippen molar-refractivity contribution in [3.63, 3.8) is 0 Å². The standard InChI is InChI=1S/C30H37NO5S/c1-6-10-24-25(14-13-23-20(18-29(2,3)4)19-36-26(23)24)35-16-8-7-15-34-22-12-9-11-21(17-22)30(5)27(32)31-28(33)37-30/h9,11-14,17,19H,6-8,10,15-16,18H2,1-5H3,(H,31,32,33). The van der Waals surface area contributed by atoms with Crippen molar-refractivity contribution < 1.29 is 23.5 Å². The number of carbonyl (C=O) groups excluding carboxylic acids is 2. The molecule has 6 nitrogen and oxygen atoms in total. The lowest BCUT2D eigenvalue weighted by Gasteiger charge is -2.19. The molecule has 1 aliphatic rings. The third-order valence-electron chi connectivity index (χ3n) is 6.50. The Morgan fingerprint density at radius 1 is 1.05 bits per heavy atom. The van der Waals surface area contributed by atoms with Crippen molar-refractivity contribution in [2.24, 2.45) is 5.41 Å². The minimum absolute atomic E-state index is 0.196. The van der Waals surface area contributed by atoms with Crippen molar-refractivity contribution in [3.8, 4) is 11.5 Å². The topological polar surface area (TPSA) is 77.8 Å². The molecule has 0 aliphatic carbocycles. The van der Waals surface area contributed by atoms with Crippen LogP contribution in [0.5, 0.6) is 11.5 Å². The van der Waals surface area contributed by atoms with Crippen LogP contribution in [0.2, 0.25) is 0 Å². The first-order valence-electron chi connectivity index (χ1n) is 13.0. The lowest BCUT2D eigenvalue weighted by atomic mass is 9.88. The van der Waals surface area contributed by atoms with Gasteiger partial charge in [-0.15, -0.1) is 0 Å². The van der Waals surface area contributed by atoms with Gasteiger partial charge in [-0.05, 0) is 85.2 Å². The molecule has 2 amide bonds. The van der Waals surface area contributed by atoms with Crippen molar-refractivity contribution in [2.75, 3.05) is 13.2 Å². The molecule has 198 valence electrons. The second-order valence-corrected chi connectivity index (χ2v) is 12.4. The van der Waals surface area contributed by atoms with Crippen molar-refractivity contribution >= 4 is 33.9 Å². The number of nitrogens with one attached hydrogen (secondary N) is 1. The molecule has 1 saturated heterocycles. The van der Waals surface area contributed by atoms with E-state index in [-0.39, 0.29) is 16.6 Å². The number of unbranched alkanes of at least 4 members (excludes halogenated alkanes) is 1. The lowest BCUT2D eigenvalue weighted by Crippen LogP contribution is -2.31. The number of ether oxygens (including phenoxy) is 2. The molecule has 1 fully saturated rings. The predicted octanol–water partition coefficient (Wildman–Crippen LogP) is 7.41. The van der Waals surface area contributed by atoms with E-state index >= 15 is 0 Å². The maximum atomic E-state index is 12.2. The number of hydrogen-bond acceptors (Lipinski definition) is 6. The van der Waals surface area contributed by atoms with Crippen molar-refractivity contribution in [1.82, 2.24) is 5.32 Å². The van der Waals surface area contributed by atoms with Crippen LogP contribution in [0.3, 0.4) is 0 Å². The van der Waals surface area contributed by atoms with Crippen molar-refractivity contribution in [1.29, 1.82) is 0 Å². The number of hydrogen-bond donors (Lipinski definition) is 1. The number of fused-ring (bicyclic) bond motifs is 1. The second-order valence-electron chi connectivity index (χ2n) is 11.0. The van der Waals surface area contributed by atoms with E-state index in [1.54, 1.807) is 6.92 Å². The average molecular weight is 524 g/mol. The first kappa shape index (κ1) is 27.1. The molecular weight excluding hydrogens is 486 g/mol. The number of benzene rings is 2. The monoisotopic (exact) mass is 523 g/mol. The van der Waals surface area contributed by atoms with Gasteiger partial charge in [-0.25, -0.2) is 0 Å². The fourth-order valence-corrected chi connectivity index (χ4v) is 5.54. The fourth-order valence-electron chi connectivity index (χ4n) is 4.64. The molecule has 3 aromatic rings. The summed E-state index contributed by atoms with van der Waals surface area (Å²) in [5.74, 6) is 1.29. The van der Waals surface area contributed by atoms with Crippen molar-refractivity contribution in [3.05, 3.63) is 59.4 Å². The smallest absolute Gasteiger partial charge is 0.287 e. The Balaban J connectivity index is 1.31. The summed E-state index contributed by atoms with van der Waals surface area (Å²) < 4.78 is 17.2. The summed E-state index contributed by atoms with van der Waals surface area (Å²) in [6.45, 7) is 11.8. The summed E-state index contributed by atoms with van der Waals surface area (Å²) in [5.41, 5.74) is 4.30. The van der Waals surface area contributed by atoms with Crippen LogP contribution in [0.25, 0.3) is 11.0 Å². The molecule has 1 N–H and O–H groups in total. The molecule has 0 saturated carbocycles. The van der Waals surface area contributed by atoms with Gasteiger partial charge in [0, 0.05) is 10.9 Å². The first-order chi connectivity index (χ1) is 17.6. The van der Waals surface area contributed by atoms with Crippen LogP contribution < -0.4 is 14.8 Å². The number of imide groups is 1. The molecule has 2 heterocycles. The summed E-state index contributed by atoms with van der Waals surface area (Å²) in [4.78, 5) is 23.9. The van der Waals surface area contributed by atoms with Crippen LogP contribution >= 0.6 is 11.8 Å². The largest absolute Gasteiger partial charge is 0.494 e. The lowest BCUT2D eigenvalue weighted by molar-refractivity contribution is -0.121. The maximum absolute atomic E-state index is 12.2. The van der Waals surface area contributed by atoms with Crippen LogP contribution in [-0.2, 0) is 22.4 Å². The van der Waals surface area contributed by atoms with E-state index in [0.717, 1.165) is 66.3 Å². The van der Waals surface area contributed by atoms with Crippen LogP contribution in [0.1, 0.15) is 70.6 Å². The van der Waals surface area contributed by atoms with E-state index in [2.05, 4.69) is 45.1 Å². The van der Waals surface area contributed by atoms with E-state index in [1.807, 2.05) is 30.5 Å². The highest BCUT2D eigenvalue weighted by molar-refractivity contribution is 8.15. The van der Waals surface area contributed by atoms with Crippen LogP contribution in [0, 0.1) is 5.41 Å². The third kappa shape index (κ3) is 6.32. The Bertz CT molecular complexity index is 1270. The summed E-state index contributed by atoms with van der Waals surface area (Å²) in [6.07, 6.45) is 6.48. The van der Waals surface area contributed by atoms with Crippen LogP contribution in [0.4, 0.5) is 4.79 Å². The summed E-state index contributed by atoms with van der Waals surface area (Å²) in [5, 5.41) is 3.23. The fraction of sp³-hybridized carbons (Fsp3) is 0.467. The van der Waals surface area contributed by atoms with Gasteiger partial charge in [0.1, 0.15) is 21.8 Å². The van der Waals surface area contributed by atoms with Gasteiger partial charge in [0.05, 0.1) is 19.5 Å². The molecule has 7 heteroatoms. The van der Waals surface area contributed by atoms with Gasteiger partial charge < -0.3 is 13.9 Å². The summed E-state index contributed by atoms with van der Waals surface area (Å²) in [7, 11) is 0. The molecule has 0 radical (unpaired) electrons. The molecule has 1 aliphatic heterocycles. The van der Waals surface area contributed by atoms with Gasteiger partial charge >= 0.3 is 0 Å². The molecule has 0 spiro atoms. The first-order valence-corrected chi connectivity index (χ1v) is 13.8. The number of rotatable bonds is 11. The number of aryl methyl sites for hydroxylation is 1. The normalized spacial score (nSPS) is 17.9. The Kier molecular flexibility index (Phi) is 8.22. The minimum atomic E-state index is -0.927. The summed E-state index contributed by atoms with van der Waals surface area (Å²) in [6, 6.07) is 11.6. The maximum Gasteiger partial charge on any atom is 0.287 e. The molecule has 0 bridgehead atoms. The average Bonchev–Trinajstić information content (AvgIpc) is 3.35. The number of furan rings is 1. The van der Waals surface area contributed by atoms with E-state index in [0.29, 0.717) is 19.0 Å². The van der Waals surface area contributed by atoms with Gasteiger partial charge in [-0.3, -0.25) is 14.9 Å². The molecule has 4 rings (SSSR count). The number of thioether (sulfide) groups is 1. The molecular formula is C30H37NO5S. The van der Waals surface area contributed by atoms with Crippen LogP contribution in [-0.4, -0.2) is 24.4 Å². The van der Waals surface area contributed by atoms with Gasteiger partial charge in [0.2, 0.25) is 5.91 Å². The zero-order chi connectivity index (χ0) is 26.6. The minimum Gasteiger partial charge on any atom is -0.494 e. The van der Waals surface area contributed by atoms with E-state index in [1.165, 1.54) is 10.9 Å². The second kappa shape index (κ2) is 11.2. The van der Waals surface area contributed by atoms with Gasteiger partial charge in [0.15, 0.2) is 0 Å². The molecule has 1 aromatic heterocycles. The highest BCUT2D eigenvalue weighted by Gasteiger charge is 2.45. The molecule has 1 unspecified atom stereocenters. The van der Waals surface area contributed by atoms with E-state index in [9.17, 15) is 9.59 Å². The Morgan fingerprint density at radius 3 is 2.49 bits per heavy atom. The van der Waals surface area contributed by atoms with Crippen LogP contribution in [0.15, 0.2) is 47.1 Å². The Morgan fingerprint density at radius 2 is 1.81 bits per heavy atom. The van der Waals surface area contributed by atoms with Crippen molar-refractivity contribution in [2.45, 2.75) is 71.5 Å². The molecule has 37 heavy (non-hydrogen) atoms. The quantitative estimate of drug-likeness (QED) is 0.264. The molecule has 2 aromatic carbocycles. The highest BCUT2D eigenvalue weighted by Crippen LogP contribution is 2.42. The summed E-state index contributed by atoms with van der Waals surface area (Å²) >= 11 is 1.00. The van der Waals surface area contributed by atoms with E-state index < -0.39 is 4.75 Å². The van der Waals surface area contributed by atoms with Gasteiger partial charge in [-0.2, -0.15) is 0 Å². The Hall–Kier alpha value is -2.93. The number of amides is 2. The van der Waals surface area contributed by atoms with Gasteiger partial charge in [-0.1, -0.05) is 46.2 Å². The van der Waals surface area contributed by atoms with Gasteiger partial charge in [0.25, 0.3) is 5.24 Å². The third-order valence-corrected chi connectivity index (χ3v) is 7.62. The van der Waals surface area contributed by atoms with E-state index in [4.69, 9.17) is 13.9 Å². The number of carbonyl (C=O) groups is 2. The Labute approximate surface area is 223 Å².